The molecule has 0 spiro atoms. The highest BCUT2D eigenvalue weighted by Crippen LogP contribution is 2.40. The molecule has 0 amide bonds. The Labute approximate surface area is 107 Å². The standard InChI is InChI=1S/C13H21N3O2/c1-4-18-12(17)13(14,11-5-6-11)7-16-8-15-9(2)10(16)3/h8,11H,4-7,14H2,1-3H3. The quantitative estimate of drug-likeness (QED) is 0.797. The number of hydrogen-bond donors (Lipinski definition) is 1. The van der Waals surface area contributed by atoms with Crippen LogP contribution in [0.25, 0.3) is 0 Å². The highest BCUT2D eigenvalue weighted by atomic mass is 16.5. The predicted octanol–water partition coefficient (Wildman–Crippen LogP) is 1.17. The van der Waals surface area contributed by atoms with Crippen molar-refractivity contribution in [2.75, 3.05) is 6.61 Å². The van der Waals surface area contributed by atoms with Gasteiger partial charge in [-0.1, -0.05) is 0 Å². The zero-order chi connectivity index (χ0) is 13.3. The monoisotopic (exact) mass is 251 g/mol. The summed E-state index contributed by atoms with van der Waals surface area (Å²) in [5.74, 6) is -0.0584. The van der Waals surface area contributed by atoms with E-state index in [4.69, 9.17) is 10.5 Å². The average molecular weight is 251 g/mol. The van der Waals surface area contributed by atoms with Gasteiger partial charge in [0.1, 0.15) is 5.54 Å². The Kier molecular flexibility index (Phi) is 3.43. The molecule has 0 radical (unpaired) electrons. The van der Waals surface area contributed by atoms with Crippen LogP contribution in [0.1, 0.15) is 31.2 Å². The van der Waals surface area contributed by atoms with Crippen molar-refractivity contribution in [3.63, 3.8) is 0 Å². The summed E-state index contributed by atoms with van der Waals surface area (Å²) >= 11 is 0. The molecule has 1 fully saturated rings. The van der Waals surface area contributed by atoms with Crippen LogP contribution < -0.4 is 5.73 Å². The molecule has 1 aromatic rings. The van der Waals surface area contributed by atoms with Crippen LogP contribution in [0.15, 0.2) is 6.33 Å². The summed E-state index contributed by atoms with van der Waals surface area (Å²) in [6.07, 6.45) is 3.75. The van der Waals surface area contributed by atoms with Gasteiger partial charge in [0, 0.05) is 5.69 Å². The largest absolute Gasteiger partial charge is 0.465 e. The van der Waals surface area contributed by atoms with Crippen molar-refractivity contribution in [1.82, 2.24) is 9.55 Å². The van der Waals surface area contributed by atoms with Crippen molar-refractivity contribution in [2.45, 2.75) is 45.7 Å². The second kappa shape index (κ2) is 4.72. The zero-order valence-corrected chi connectivity index (χ0v) is 11.3. The molecule has 1 aromatic heterocycles. The van der Waals surface area contributed by atoms with Gasteiger partial charge in [0.05, 0.1) is 25.2 Å². The van der Waals surface area contributed by atoms with E-state index in [2.05, 4.69) is 4.98 Å². The summed E-state index contributed by atoms with van der Waals surface area (Å²) in [5, 5.41) is 0. The summed E-state index contributed by atoms with van der Waals surface area (Å²) < 4.78 is 7.08. The fourth-order valence-corrected chi connectivity index (χ4v) is 2.21. The minimum Gasteiger partial charge on any atom is -0.465 e. The normalized spacial score (nSPS) is 18.4. The number of nitrogens with zero attached hydrogens (tertiary/aromatic N) is 2. The molecule has 2 N–H and O–H groups in total. The summed E-state index contributed by atoms with van der Waals surface area (Å²) in [5.41, 5.74) is 7.43. The van der Waals surface area contributed by atoms with Gasteiger partial charge in [-0.3, -0.25) is 0 Å². The number of hydrogen-bond acceptors (Lipinski definition) is 4. The molecule has 0 bridgehead atoms. The van der Waals surface area contributed by atoms with Gasteiger partial charge in [-0.15, -0.1) is 0 Å². The molecule has 18 heavy (non-hydrogen) atoms. The SMILES string of the molecule is CCOC(=O)C(N)(Cn1cnc(C)c1C)C1CC1. The van der Waals surface area contributed by atoms with E-state index in [1.807, 2.05) is 18.4 Å². The van der Waals surface area contributed by atoms with Crippen molar-refractivity contribution in [3.8, 4) is 0 Å². The highest BCUT2D eigenvalue weighted by Gasteiger charge is 2.49. The van der Waals surface area contributed by atoms with E-state index in [1.54, 1.807) is 13.3 Å². The first-order valence-electron chi connectivity index (χ1n) is 6.43. The molecule has 2 rings (SSSR count). The van der Waals surface area contributed by atoms with Crippen LogP contribution in [-0.2, 0) is 16.1 Å². The smallest absolute Gasteiger partial charge is 0.328 e. The molecule has 0 aliphatic heterocycles. The first-order chi connectivity index (χ1) is 8.49. The third kappa shape index (κ3) is 2.27. The molecule has 0 saturated heterocycles. The van der Waals surface area contributed by atoms with Crippen LogP contribution in [0.4, 0.5) is 0 Å². The van der Waals surface area contributed by atoms with E-state index in [0.717, 1.165) is 24.2 Å². The summed E-state index contributed by atoms with van der Waals surface area (Å²) in [6, 6.07) is 0. The maximum atomic E-state index is 12.1. The first-order valence-corrected chi connectivity index (χ1v) is 6.43. The number of aryl methyl sites for hydroxylation is 1. The number of ether oxygens (including phenoxy) is 1. The molecule has 0 aromatic carbocycles. The lowest BCUT2D eigenvalue weighted by molar-refractivity contribution is -0.151. The Morgan fingerprint density at radius 2 is 2.28 bits per heavy atom. The molecule has 1 unspecified atom stereocenters. The Balaban J connectivity index is 2.20. The highest BCUT2D eigenvalue weighted by molar-refractivity contribution is 5.81. The van der Waals surface area contributed by atoms with Crippen molar-refractivity contribution in [2.24, 2.45) is 11.7 Å². The molecule has 1 atom stereocenters. The van der Waals surface area contributed by atoms with E-state index in [0.29, 0.717) is 13.2 Å². The number of carbonyl (C=O) groups excluding carboxylic acids is 1. The third-order valence-electron chi connectivity index (χ3n) is 3.74. The van der Waals surface area contributed by atoms with Crippen LogP contribution in [0.3, 0.4) is 0 Å². The molecule has 1 aliphatic carbocycles. The third-order valence-corrected chi connectivity index (χ3v) is 3.74. The Morgan fingerprint density at radius 3 is 2.72 bits per heavy atom. The maximum Gasteiger partial charge on any atom is 0.328 e. The Bertz CT molecular complexity index is 451. The van der Waals surface area contributed by atoms with Crippen LogP contribution in [0.5, 0.6) is 0 Å². The van der Waals surface area contributed by atoms with Gasteiger partial charge in [-0.25, -0.2) is 9.78 Å². The number of rotatable bonds is 5. The van der Waals surface area contributed by atoms with Gasteiger partial charge >= 0.3 is 5.97 Å². The number of carbonyl (C=O) groups is 1. The van der Waals surface area contributed by atoms with E-state index in [9.17, 15) is 4.79 Å². The van der Waals surface area contributed by atoms with Crippen LogP contribution in [0.2, 0.25) is 0 Å². The van der Waals surface area contributed by atoms with Gasteiger partial charge in [-0.2, -0.15) is 0 Å². The minimum absolute atomic E-state index is 0.235. The lowest BCUT2D eigenvalue weighted by atomic mass is 9.94. The van der Waals surface area contributed by atoms with Crippen LogP contribution in [0, 0.1) is 19.8 Å². The number of esters is 1. The zero-order valence-electron chi connectivity index (χ0n) is 11.3. The van der Waals surface area contributed by atoms with Crippen LogP contribution >= 0.6 is 0 Å². The van der Waals surface area contributed by atoms with E-state index in [-0.39, 0.29) is 11.9 Å². The number of nitrogens with two attached hydrogens (primary N) is 1. The number of imidazole rings is 1. The van der Waals surface area contributed by atoms with Crippen molar-refractivity contribution < 1.29 is 9.53 Å². The topological polar surface area (TPSA) is 70.1 Å². The Hall–Kier alpha value is -1.36. The fourth-order valence-electron chi connectivity index (χ4n) is 2.21. The lowest BCUT2D eigenvalue weighted by Crippen LogP contribution is -2.54. The minimum atomic E-state index is -0.909. The van der Waals surface area contributed by atoms with E-state index >= 15 is 0 Å². The van der Waals surface area contributed by atoms with E-state index in [1.165, 1.54) is 0 Å². The van der Waals surface area contributed by atoms with Gasteiger partial charge in [0.2, 0.25) is 0 Å². The Morgan fingerprint density at radius 1 is 1.61 bits per heavy atom. The van der Waals surface area contributed by atoms with Crippen molar-refractivity contribution >= 4 is 5.97 Å². The molecule has 100 valence electrons. The predicted molar refractivity (Wildman–Crippen MR) is 68.0 cm³/mol. The van der Waals surface area contributed by atoms with Crippen LogP contribution in [-0.4, -0.2) is 27.7 Å². The number of aromatic nitrogens is 2. The van der Waals surface area contributed by atoms with E-state index < -0.39 is 5.54 Å². The summed E-state index contributed by atoms with van der Waals surface area (Å²) in [7, 11) is 0. The molecule has 1 saturated carbocycles. The second-order valence-corrected chi connectivity index (χ2v) is 5.08. The fraction of sp³-hybridized carbons (Fsp3) is 0.692. The van der Waals surface area contributed by atoms with Crippen molar-refractivity contribution in [1.29, 1.82) is 0 Å². The molecule has 5 nitrogen and oxygen atoms in total. The maximum absolute atomic E-state index is 12.1. The molecule has 1 aliphatic rings. The summed E-state index contributed by atoms with van der Waals surface area (Å²) in [4.78, 5) is 16.3. The van der Waals surface area contributed by atoms with Crippen molar-refractivity contribution in [3.05, 3.63) is 17.7 Å². The van der Waals surface area contributed by atoms with Gasteiger partial charge in [0.25, 0.3) is 0 Å². The molecular formula is C13H21N3O2. The van der Waals surface area contributed by atoms with Gasteiger partial charge < -0.3 is 15.0 Å². The average Bonchev–Trinajstić information content (AvgIpc) is 3.13. The molecular weight excluding hydrogens is 230 g/mol. The van der Waals surface area contributed by atoms with Gasteiger partial charge in [-0.05, 0) is 39.5 Å². The second-order valence-electron chi connectivity index (χ2n) is 5.08. The lowest BCUT2D eigenvalue weighted by Gasteiger charge is -2.28. The molecule has 1 heterocycles. The van der Waals surface area contributed by atoms with Gasteiger partial charge in [0.15, 0.2) is 0 Å². The summed E-state index contributed by atoms with van der Waals surface area (Å²) in [6.45, 7) is 6.56. The first kappa shape index (κ1) is 13.1. The molecule has 5 heteroatoms.